The number of rotatable bonds is 9. The van der Waals surface area contributed by atoms with Crippen molar-refractivity contribution in [1.82, 2.24) is 9.55 Å². The van der Waals surface area contributed by atoms with E-state index in [1.54, 1.807) is 4.57 Å². The third-order valence-corrected chi connectivity index (χ3v) is 23.7. The molecule has 0 fully saturated rings. The summed E-state index contributed by atoms with van der Waals surface area (Å²) in [6.45, 7) is 54.1. The van der Waals surface area contributed by atoms with E-state index in [0.717, 1.165) is 140 Å². The smallest absolute Gasteiger partial charge is 0.252 e. The van der Waals surface area contributed by atoms with Gasteiger partial charge in [-0.15, -0.1) is 0 Å². The van der Waals surface area contributed by atoms with Crippen molar-refractivity contribution >= 4 is 79.0 Å². The summed E-state index contributed by atoms with van der Waals surface area (Å²) in [6.07, 6.45) is 0. The molecule has 4 nitrogen and oxygen atoms in total. The highest BCUT2D eigenvalue weighted by atomic mass is 15.2. The van der Waals surface area contributed by atoms with Crippen LogP contribution in [0.4, 0.5) is 34.1 Å². The number of pyridine rings is 1. The molecule has 2 aromatic heterocycles. The van der Waals surface area contributed by atoms with Gasteiger partial charge in [0, 0.05) is 77.9 Å². The third kappa shape index (κ3) is 13.9. The van der Waals surface area contributed by atoms with E-state index in [1.165, 1.54) is 22.3 Å². The molecule has 4 heterocycles. The molecular formula is C109H115BN4. The summed E-state index contributed by atoms with van der Waals surface area (Å²) in [5.41, 5.74) is 26.8. The van der Waals surface area contributed by atoms with Crippen LogP contribution in [-0.4, -0.2) is 16.3 Å². The van der Waals surface area contributed by atoms with Crippen molar-refractivity contribution in [3.05, 3.63) is 305 Å². The average molecular weight is 1500 g/mol. The van der Waals surface area contributed by atoms with Crippen molar-refractivity contribution < 1.29 is 11.0 Å². The molecule has 0 bridgehead atoms. The van der Waals surface area contributed by atoms with Crippen molar-refractivity contribution in [3.8, 4) is 72.4 Å². The molecule has 16 rings (SSSR count). The van der Waals surface area contributed by atoms with Gasteiger partial charge in [-0.3, -0.25) is 4.98 Å². The molecule has 12 aromatic carbocycles. The predicted octanol–water partition coefficient (Wildman–Crippen LogP) is 28.6. The molecule has 0 N–H and O–H groups in total. The zero-order valence-corrected chi connectivity index (χ0v) is 71.6. The number of aromatic nitrogens is 2. The quantitative estimate of drug-likeness (QED) is 0.135. The van der Waals surface area contributed by atoms with Gasteiger partial charge < -0.3 is 14.4 Å². The summed E-state index contributed by atoms with van der Waals surface area (Å²) in [4.78, 5) is 10.9. The van der Waals surface area contributed by atoms with Crippen LogP contribution in [0.2, 0.25) is 0 Å². The molecule has 574 valence electrons. The van der Waals surface area contributed by atoms with E-state index >= 15 is 0 Å². The normalized spacial score (nSPS) is 14.5. The van der Waals surface area contributed by atoms with E-state index in [0.29, 0.717) is 5.69 Å². The number of hydrogen-bond donors (Lipinski definition) is 0. The second-order valence-electron chi connectivity index (χ2n) is 40.5. The summed E-state index contributed by atoms with van der Waals surface area (Å²) in [6, 6.07) is 75.6. The Morgan fingerprint density at radius 3 is 0.974 bits per heavy atom. The minimum atomic E-state index is -0.552. The molecule has 2 aliphatic rings. The molecule has 0 atom stereocenters. The zero-order valence-electron chi connectivity index (χ0n) is 79.6. The maximum absolute atomic E-state index is 10.4. The van der Waals surface area contributed by atoms with E-state index in [-0.39, 0.29) is 66.4 Å². The Labute approximate surface area is 692 Å². The molecule has 0 amide bonds. The number of para-hydroxylation sites is 2. The average Bonchev–Trinajstić information content (AvgIpc) is 1.28. The number of benzene rings is 12. The number of nitrogens with zero attached hydrogens (tertiary/aromatic N) is 4. The minimum absolute atomic E-state index is 0.0111. The van der Waals surface area contributed by atoms with Gasteiger partial charge in [-0.05, 0) is 188 Å². The third-order valence-electron chi connectivity index (χ3n) is 23.7. The lowest BCUT2D eigenvalue weighted by Gasteiger charge is -2.46. The van der Waals surface area contributed by atoms with Crippen molar-refractivity contribution in [2.45, 2.75) is 209 Å². The molecular weight excluding hydrogens is 1380 g/mol. The summed E-state index contributed by atoms with van der Waals surface area (Å²) in [7, 11) is 0. The van der Waals surface area contributed by atoms with E-state index in [9.17, 15) is 11.0 Å². The molecule has 0 saturated carbocycles. The van der Waals surface area contributed by atoms with Gasteiger partial charge in [0.2, 0.25) is 0 Å². The Balaban J connectivity index is 1.21. The molecule has 14 aromatic rings. The van der Waals surface area contributed by atoms with Gasteiger partial charge in [-0.25, -0.2) is 0 Å². The summed E-state index contributed by atoms with van der Waals surface area (Å²) in [5.74, 6) is 0. The second-order valence-corrected chi connectivity index (χ2v) is 40.5. The van der Waals surface area contributed by atoms with Crippen LogP contribution >= 0.6 is 0 Å². The highest BCUT2D eigenvalue weighted by Crippen LogP contribution is 2.57. The van der Waals surface area contributed by atoms with Gasteiger partial charge >= 0.3 is 0 Å². The van der Waals surface area contributed by atoms with Gasteiger partial charge in [0.05, 0.1) is 44.8 Å². The fourth-order valence-electron chi connectivity index (χ4n) is 16.9. The lowest BCUT2D eigenvalue weighted by molar-refractivity contribution is 0.532. The maximum Gasteiger partial charge on any atom is 0.252 e. The fourth-order valence-corrected chi connectivity index (χ4v) is 16.9. The fraction of sp³-hybridized carbons (Fsp3) is 0.294. The summed E-state index contributed by atoms with van der Waals surface area (Å²) < 4.78 is 81.0. The van der Waals surface area contributed by atoms with Gasteiger partial charge in [-0.1, -0.05) is 360 Å². The molecule has 114 heavy (non-hydrogen) atoms. The van der Waals surface area contributed by atoms with Gasteiger partial charge in [0.25, 0.3) is 6.71 Å². The van der Waals surface area contributed by atoms with Crippen molar-refractivity contribution in [3.63, 3.8) is 0 Å². The number of hydrogen-bond acceptors (Lipinski definition) is 3. The van der Waals surface area contributed by atoms with Crippen LogP contribution in [-0.2, 0) is 43.3 Å². The van der Waals surface area contributed by atoms with Crippen LogP contribution in [0, 0.1) is 0 Å². The van der Waals surface area contributed by atoms with Crippen molar-refractivity contribution in [1.29, 1.82) is 0 Å². The Bertz CT molecular complexity index is 6420. The standard InChI is InChI=1S/C109H115BN4/c1-102(2,3)75-54-73(55-76(60-75)103(4,5)6)71-48-51-89-93(58-71)113(99-85(68-38-28-25-29-39-68)62-79(106(13,14)15)63-86(99)69-40-30-26-31-41-69)95-66-81(112-91-46-36-34-44-82(91)83-45-35-37-47-92(83)112)67-96-98(95)110(89)90-52-49-72(74-56-77(104(7,8)9)61-78(57-74)105(10,11)12)59-94(90)114(96)100-87(70-42-32-27-33-43-70)64-80(107(16,17)18)65-88(100)84-50-53-97(108(19,20)21)111-101(84)109(22,23)24/h25-67H,1-24H3/i34D,35D,36D,37D,44D,45D,46D,47D. The topological polar surface area (TPSA) is 24.3 Å². The van der Waals surface area contributed by atoms with Crippen LogP contribution in [0.5, 0.6) is 0 Å². The first-order valence-corrected chi connectivity index (χ1v) is 40.9. The first-order chi connectivity index (χ1) is 56.9. The van der Waals surface area contributed by atoms with Crippen LogP contribution < -0.4 is 26.2 Å². The Hall–Kier alpha value is -10.7. The van der Waals surface area contributed by atoms with E-state index in [4.69, 9.17) is 4.98 Å². The molecule has 0 spiro atoms. The van der Waals surface area contributed by atoms with Crippen LogP contribution in [0.15, 0.2) is 261 Å². The predicted molar refractivity (Wildman–Crippen MR) is 495 cm³/mol. The highest BCUT2D eigenvalue weighted by Gasteiger charge is 2.47. The van der Waals surface area contributed by atoms with Gasteiger partial charge in [0.15, 0.2) is 0 Å². The molecule has 0 saturated heterocycles. The molecule has 0 radical (unpaired) electrons. The number of fused-ring (bicyclic) bond motifs is 7. The first-order valence-electron chi connectivity index (χ1n) is 44.9. The van der Waals surface area contributed by atoms with Crippen LogP contribution in [0.25, 0.3) is 94.3 Å². The SMILES string of the molecule is [2H]c1c([2H])c([2H])c2c(c1[2H])c1c([2H])c([2H])c([2H])c([2H])c1n2-c1cc2c3c(c1)N(c1c(-c4ccccc4)cc(C(C)(C)C)cc1-c1ccc(C(C)(C)C)nc1C(C)(C)C)c1cc(-c4cc(C(C)(C)C)cc(C(C)(C)C)c4)ccc1B3c1ccc(-c3cc(C(C)(C)C)cc(C(C)(C)C)c3)cc1N2c1c(-c2ccccc2)cc(C(C)(C)C)cc1-c1ccccc1. The van der Waals surface area contributed by atoms with Crippen LogP contribution in [0.1, 0.15) is 222 Å². The Morgan fingerprint density at radius 2 is 0.623 bits per heavy atom. The van der Waals surface area contributed by atoms with Crippen LogP contribution in [0.3, 0.4) is 0 Å². The molecule has 0 unspecified atom stereocenters. The van der Waals surface area contributed by atoms with Crippen molar-refractivity contribution in [2.24, 2.45) is 0 Å². The van der Waals surface area contributed by atoms with E-state index in [1.807, 2.05) is 0 Å². The molecule has 0 aliphatic carbocycles. The lowest BCUT2D eigenvalue weighted by Crippen LogP contribution is -2.61. The van der Waals surface area contributed by atoms with E-state index in [2.05, 4.69) is 388 Å². The Kier molecular flexibility index (Phi) is 16.3. The Morgan fingerprint density at radius 1 is 0.281 bits per heavy atom. The van der Waals surface area contributed by atoms with Gasteiger partial charge in [-0.2, -0.15) is 0 Å². The summed E-state index contributed by atoms with van der Waals surface area (Å²) >= 11 is 0. The minimum Gasteiger partial charge on any atom is -0.310 e. The number of anilines is 6. The largest absolute Gasteiger partial charge is 0.310 e. The first kappa shape index (κ1) is 67.7. The second kappa shape index (κ2) is 27.5. The molecule has 5 heteroatoms. The highest BCUT2D eigenvalue weighted by molar-refractivity contribution is 7.00. The van der Waals surface area contributed by atoms with E-state index < -0.39 is 53.8 Å². The maximum atomic E-state index is 10.4. The molecule has 2 aliphatic heterocycles. The van der Waals surface area contributed by atoms with Gasteiger partial charge in [0.1, 0.15) is 0 Å². The van der Waals surface area contributed by atoms with Crippen molar-refractivity contribution in [2.75, 3.05) is 9.80 Å². The zero-order chi connectivity index (χ0) is 88.0. The lowest BCUT2D eigenvalue weighted by atomic mass is 9.33. The monoisotopic (exact) mass is 1500 g/mol. The summed E-state index contributed by atoms with van der Waals surface area (Å²) in [5, 5.41) is -0.0223.